The molecular weight excluding hydrogens is 250 g/mol. The second-order valence-electron chi connectivity index (χ2n) is 7.40. The molecule has 0 aromatic heterocycles. The molecule has 0 aromatic carbocycles. The molecule has 114 valence electrons. The molecule has 0 aromatic rings. The lowest BCUT2D eigenvalue weighted by molar-refractivity contribution is -0.157. The zero-order valence-electron chi connectivity index (χ0n) is 13.4. The largest absolute Gasteiger partial charge is 0.456 e. The summed E-state index contributed by atoms with van der Waals surface area (Å²) in [6, 6.07) is 0.657. The van der Waals surface area contributed by atoms with Crippen molar-refractivity contribution >= 4 is 5.97 Å². The van der Waals surface area contributed by atoms with E-state index in [0.717, 1.165) is 19.0 Å². The Kier molecular flexibility index (Phi) is 4.90. The molecule has 0 bridgehead atoms. The highest BCUT2D eigenvalue weighted by atomic mass is 16.5. The molecule has 0 spiro atoms. The number of carbonyl (C=O) groups excluding carboxylic acids is 1. The van der Waals surface area contributed by atoms with Gasteiger partial charge in [0.25, 0.3) is 0 Å². The lowest BCUT2D eigenvalue weighted by atomic mass is 9.84. The van der Waals surface area contributed by atoms with E-state index in [1.807, 2.05) is 26.8 Å². The fourth-order valence-electron chi connectivity index (χ4n) is 3.22. The van der Waals surface area contributed by atoms with Crippen LogP contribution >= 0.6 is 0 Å². The highest BCUT2D eigenvalue weighted by molar-refractivity contribution is 5.75. The third kappa shape index (κ3) is 3.85. The molecule has 3 heteroatoms. The van der Waals surface area contributed by atoms with Gasteiger partial charge in [-0.05, 0) is 45.6 Å². The fraction of sp³-hybridized carbons (Fsp3) is 0.824. The maximum absolute atomic E-state index is 12.0. The minimum absolute atomic E-state index is 0.0791. The molecule has 0 saturated heterocycles. The van der Waals surface area contributed by atoms with Crippen molar-refractivity contribution in [3.05, 3.63) is 12.2 Å². The van der Waals surface area contributed by atoms with Gasteiger partial charge in [-0.25, -0.2) is 0 Å². The Morgan fingerprint density at radius 2 is 1.95 bits per heavy atom. The van der Waals surface area contributed by atoms with Gasteiger partial charge >= 0.3 is 5.97 Å². The van der Waals surface area contributed by atoms with Gasteiger partial charge in [-0.2, -0.15) is 0 Å². The Morgan fingerprint density at radius 1 is 1.25 bits per heavy atom. The van der Waals surface area contributed by atoms with Crippen LogP contribution in [-0.2, 0) is 9.53 Å². The first-order valence-electron chi connectivity index (χ1n) is 7.99. The molecule has 20 heavy (non-hydrogen) atoms. The van der Waals surface area contributed by atoms with Gasteiger partial charge in [-0.15, -0.1) is 0 Å². The number of nitrogens with zero attached hydrogens (tertiary/aromatic N) is 1. The predicted molar refractivity (Wildman–Crippen MR) is 81.5 cm³/mol. The van der Waals surface area contributed by atoms with E-state index < -0.39 is 5.41 Å². The Bertz CT molecular complexity index is 370. The third-order valence-corrected chi connectivity index (χ3v) is 4.51. The van der Waals surface area contributed by atoms with Crippen LogP contribution in [0.3, 0.4) is 0 Å². The SMILES string of the molecule is CC1CCCCC1N1CC=C[C@H](OC(=O)C(C)(C)C)C1. The summed E-state index contributed by atoms with van der Waals surface area (Å²) in [5.74, 6) is 0.653. The molecule has 1 heterocycles. The Morgan fingerprint density at radius 3 is 2.60 bits per heavy atom. The van der Waals surface area contributed by atoms with Crippen LogP contribution < -0.4 is 0 Å². The number of esters is 1. The molecule has 3 atom stereocenters. The second-order valence-corrected chi connectivity index (χ2v) is 7.40. The maximum atomic E-state index is 12.0. The minimum Gasteiger partial charge on any atom is -0.456 e. The molecule has 0 amide bonds. The van der Waals surface area contributed by atoms with E-state index in [1.165, 1.54) is 25.7 Å². The second kappa shape index (κ2) is 6.30. The zero-order valence-corrected chi connectivity index (χ0v) is 13.4. The van der Waals surface area contributed by atoms with Crippen LogP contribution in [0, 0.1) is 11.3 Å². The molecule has 1 saturated carbocycles. The first kappa shape index (κ1) is 15.6. The van der Waals surface area contributed by atoms with Crippen molar-refractivity contribution in [2.24, 2.45) is 11.3 Å². The Labute approximate surface area is 123 Å². The molecule has 0 N–H and O–H groups in total. The average molecular weight is 279 g/mol. The van der Waals surface area contributed by atoms with Crippen LogP contribution in [0.4, 0.5) is 0 Å². The lowest BCUT2D eigenvalue weighted by Crippen LogP contribution is -2.48. The summed E-state index contributed by atoms with van der Waals surface area (Å²) in [6.07, 6.45) is 9.45. The van der Waals surface area contributed by atoms with Gasteiger partial charge in [0.2, 0.25) is 0 Å². The van der Waals surface area contributed by atoms with Crippen LogP contribution in [0.25, 0.3) is 0 Å². The Balaban J connectivity index is 1.93. The van der Waals surface area contributed by atoms with Crippen molar-refractivity contribution in [3.8, 4) is 0 Å². The van der Waals surface area contributed by atoms with E-state index in [4.69, 9.17) is 4.74 Å². The van der Waals surface area contributed by atoms with Crippen LogP contribution in [0.1, 0.15) is 53.4 Å². The molecular formula is C17H29NO2. The van der Waals surface area contributed by atoms with Crippen LogP contribution in [-0.4, -0.2) is 36.1 Å². The van der Waals surface area contributed by atoms with Gasteiger partial charge < -0.3 is 4.74 Å². The van der Waals surface area contributed by atoms with Gasteiger partial charge in [0.1, 0.15) is 6.10 Å². The summed E-state index contributed by atoms with van der Waals surface area (Å²) >= 11 is 0. The van der Waals surface area contributed by atoms with Crippen molar-refractivity contribution in [3.63, 3.8) is 0 Å². The van der Waals surface area contributed by atoms with E-state index >= 15 is 0 Å². The number of ether oxygens (including phenoxy) is 1. The van der Waals surface area contributed by atoms with Crippen LogP contribution in [0.2, 0.25) is 0 Å². The van der Waals surface area contributed by atoms with Crippen molar-refractivity contribution in [2.45, 2.75) is 65.5 Å². The first-order chi connectivity index (χ1) is 9.38. The summed E-state index contributed by atoms with van der Waals surface area (Å²) in [7, 11) is 0. The highest BCUT2D eigenvalue weighted by Gasteiger charge is 2.32. The molecule has 0 radical (unpaired) electrons. The van der Waals surface area contributed by atoms with Gasteiger partial charge in [-0.3, -0.25) is 9.69 Å². The zero-order chi connectivity index (χ0) is 14.8. The molecule has 3 nitrogen and oxygen atoms in total. The normalized spacial score (nSPS) is 32.1. The standard InChI is InChI=1S/C17H29NO2/c1-13-8-5-6-10-15(13)18-11-7-9-14(12-18)20-16(19)17(2,3)4/h7,9,13-15H,5-6,8,10-12H2,1-4H3/t13?,14-,15?/m0/s1. The number of hydrogen-bond donors (Lipinski definition) is 0. The smallest absolute Gasteiger partial charge is 0.311 e. The quantitative estimate of drug-likeness (QED) is 0.573. The number of rotatable bonds is 2. The predicted octanol–water partition coefficient (Wildman–Crippen LogP) is 3.39. The van der Waals surface area contributed by atoms with Gasteiger partial charge in [-0.1, -0.05) is 25.8 Å². The third-order valence-electron chi connectivity index (χ3n) is 4.51. The van der Waals surface area contributed by atoms with E-state index in [9.17, 15) is 4.79 Å². The molecule has 2 aliphatic rings. The monoisotopic (exact) mass is 279 g/mol. The minimum atomic E-state index is -0.422. The van der Waals surface area contributed by atoms with E-state index in [2.05, 4.69) is 17.9 Å². The average Bonchev–Trinajstić information content (AvgIpc) is 2.38. The van der Waals surface area contributed by atoms with Gasteiger partial charge in [0, 0.05) is 19.1 Å². The van der Waals surface area contributed by atoms with Crippen molar-refractivity contribution < 1.29 is 9.53 Å². The first-order valence-corrected chi connectivity index (χ1v) is 7.99. The number of carbonyl (C=O) groups is 1. The molecule has 1 aliphatic carbocycles. The molecule has 2 rings (SSSR count). The van der Waals surface area contributed by atoms with E-state index in [-0.39, 0.29) is 12.1 Å². The summed E-state index contributed by atoms with van der Waals surface area (Å²) in [6.45, 7) is 9.93. The number of hydrogen-bond acceptors (Lipinski definition) is 3. The molecule has 2 unspecified atom stereocenters. The van der Waals surface area contributed by atoms with E-state index in [1.54, 1.807) is 0 Å². The fourth-order valence-corrected chi connectivity index (χ4v) is 3.22. The van der Waals surface area contributed by atoms with Gasteiger partial charge in [0.15, 0.2) is 0 Å². The Hall–Kier alpha value is -0.830. The summed E-state index contributed by atoms with van der Waals surface area (Å²) in [5.41, 5.74) is -0.422. The topological polar surface area (TPSA) is 29.5 Å². The molecule has 1 aliphatic heterocycles. The van der Waals surface area contributed by atoms with Crippen molar-refractivity contribution in [1.82, 2.24) is 4.90 Å². The summed E-state index contributed by atoms with van der Waals surface area (Å²) in [4.78, 5) is 14.5. The molecule has 1 fully saturated rings. The van der Waals surface area contributed by atoms with E-state index in [0.29, 0.717) is 6.04 Å². The van der Waals surface area contributed by atoms with Gasteiger partial charge in [0.05, 0.1) is 5.41 Å². The van der Waals surface area contributed by atoms with Crippen molar-refractivity contribution in [1.29, 1.82) is 0 Å². The van der Waals surface area contributed by atoms with Crippen molar-refractivity contribution in [2.75, 3.05) is 13.1 Å². The summed E-state index contributed by atoms with van der Waals surface area (Å²) in [5, 5.41) is 0. The summed E-state index contributed by atoms with van der Waals surface area (Å²) < 4.78 is 5.64. The highest BCUT2D eigenvalue weighted by Crippen LogP contribution is 2.29. The van der Waals surface area contributed by atoms with Crippen LogP contribution in [0.5, 0.6) is 0 Å². The lowest BCUT2D eigenvalue weighted by Gasteiger charge is -2.41. The van der Waals surface area contributed by atoms with Crippen LogP contribution in [0.15, 0.2) is 12.2 Å². The maximum Gasteiger partial charge on any atom is 0.311 e.